The number of benzene rings is 7. The number of hydrogen-bond donors (Lipinski definition) is 0. The van der Waals surface area contributed by atoms with E-state index >= 15 is 0 Å². The first kappa shape index (κ1) is 26.7. The third-order valence-electron chi connectivity index (χ3n) is 9.67. The molecule has 224 valence electrons. The summed E-state index contributed by atoms with van der Waals surface area (Å²) in [5.41, 5.74) is 14.6. The Bertz CT molecular complexity index is 2610. The maximum atomic E-state index is 6.58. The second kappa shape index (κ2) is 10.5. The fourth-order valence-electron chi connectivity index (χ4n) is 7.60. The quantitative estimate of drug-likeness (QED) is 0.194. The van der Waals surface area contributed by atoms with E-state index in [0.717, 1.165) is 55.7 Å². The molecule has 0 radical (unpaired) electrons. The molecule has 0 bridgehead atoms. The molecule has 0 atom stereocenters. The molecule has 3 nitrogen and oxygen atoms in total. The molecule has 2 heterocycles. The van der Waals surface area contributed by atoms with E-state index in [2.05, 4.69) is 149 Å². The van der Waals surface area contributed by atoms with Gasteiger partial charge in [-0.25, -0.2) is 0 Å². The van der Waals surface area contributed by atoms with Gasteiger partial charge in [0.25, 0.3) is 0 Å². The van der Waals surface area contributed by atoms with Gasteiger partial charge in [-0.05, 0) is 98.2 Å². The summed E-state index contributed by atoms with van der Waals surface area (Å²) in [6, 6.07) is 56.4. The first-order valence-corrected chi connectivity index (χ1v) is 16.3. The lowest BCUT2D eigenvalue weighted by molar-refractivity contribution is 0.670. The fraction of sp³-hybridized carbons (Fsp3) is 0. The lowest BCUT2D eigenvalue weighted by atomic mass is 9.91. The molecule has 1 aliphatic rings. The summed E-state index contributed by atoms with van der Waals surface area (Å²) >= 11 is 0. The Morgan fingerprint density at radius 2 is 1.04 bits per heavy atom. The lowest BCUT2D eigenvalue weighted by Crippen LogP contribution is -2.10. The van der Waals surface area contributed by atoms with Crippen molar-refractivity contribution in [3.05, 3.63) is 170 Å². The predicted molar refractivity (Wildman–Crippen MR) is 199 cm³/mol. The van der Waals surface area contributed by atoms with Crippen LogP contribution in [0.15, 0.2) is 175 Å². The SMILES string of the molecule is c1ccc(N(c2cccnc2)c2cc(-c3ccc4c5c(cccc35)-c3ccccc3-4)cc(-c3cccc4c3oc3ccccc34)c2)cc1. The van der Waals surface area contributed by atoms with E-state index in [1.165, 1.54) is 38.6 Å². The molecular formula is C45H28N2O. The number of anilines is 3. The summed E-state index contributed by atoms with van der Waals surface area (Å²) in [6.45, 7) is 0. The highest BCUT2D eigenvalue weighted by Gasteiger charge is 2.24. The fourth-order valence-corrected chi connectivity index (χ4v) is 7.60. The van der Waals surface area contributed by atoms with Crippen molar-refractivity contribution in [1.29, 1.82) is 0 Å². The Kier molecular flexibility index (Phi) is 5.87. The Morgan fingerprint density at radius 3 is 1.85 bits per heavy atom. The second-order valence-electron chi connectivity index (χ2n) is 12.4. The van der Waals surface area contributed by atoms with Crippen molar-refractivity contribution in [1.82, 2.24) is 4.98 Å². The topological polar surface area (TPSA) is 29.3 Å². The number of fused-ring (bicyclic) bond motifs is 6. The van der Waals surface area contributed by atoms with Gasteiger partial charge in [-0.1, -0.05) is 109 Å². The highest BCUT2D eigenvalue weighted by molar-refractivity contribution is 6.19. The summed E-state index contributed by atoms with van der Waals surface area (Å²) in [6.07, 6.45) is 3.75. The first-order valence-electron chi connectivity index (χ1n) is 16.3. The molecule has 10 rings (SSSR count). The van der Waals surface area contributed by atoms with E-state index in [1.54, 1.807) is 0 Å². The van der Waals surface area contributed by atoms with Crippen molar-refractivity contribution < 1.29 is 4.42 Å². The van der Waals surface area contributed by atoms with Crippen LogP contribution in [-0.4, -0.2) is 4.98 Å². The predicted octanol–water partition coefficient (Wildman–Crippen LogP) is 12.6. The maximum Gasteiger partial charge on any atom is 0.143 e. The van der Waals surface area contributed by atoms with Crippen molar-refractivity contribution in [3.63, 3.8) is 0 Å². The van der Waals surface area contributed by atoms with Gasteiger partial charge in [-0.2, -0.15) is 0 Å². The summed E-state index contributed by atoms with van der Waals surface area (Å²) in [5, 5.41) is 4.80. The normalized spacial score (nSPS) is 11.8. The van der Waals surface area contributed by atoms with Crippen LogP contribution in [0.3, 0.4) is 0 Å². The van der Waals surface area contributed by atoms with E-state index < -0.39 is 0 Å². The number of para-hydroxylation sites is 3. The number of pyridine rings is 1. The molecule has 2 aromatic heterocycles. The van der Waals surface area contributed by atoms with Crippen LogP contribution in [0.25, 0.3) is 77.2 Å². The van der Waals surface area contributed by atoms with Gasteiger partial charge in [0.1, 0.15) is 11.2 Å². The minimum absolute atomic E-state index is 0.893. The molecular weight excluding hydrogens is 585 g/mol. The largest absolute Gasteiger partial charge is 0.455 e. The Balaban J connectivity index is 1.27. The van der Waals surface area contributed by atoms with Gasteiger partial charge >= 0.3 is 0 Å². The van der Waals surface area contributed by atoms with Gasteiger partial charge in [0.15, 0.2) is 0 Å². The molecule has 9 aromatic rings. The van der Waals surface area contributed by atoms with Crippen LogP contribution < -0.4 is 4.90 Å². The number of aromatic nitrogens is 1. The number of rotatable bonds is 5. The standard InChI is InChI=1S/C45H28N2O/c1-2-11-31(12-3-1)47(32-13-10-24-46-28-32)33-26-29(25-30(27-33)35-17-8-20-42-38-16-6-7-21-43(38)48-45(35)42)34-22-23-41-37-15-5-4-14-36(37)40-19-9-18-39(34)44(40)41/h1-28H. The molecule has 3 heteroatoms. The second-order valence-corrected chi connectivity index (χ2v) is 12.4. The molecule has 0 amide bonds. The van der Waals surface area contributed by atoms with Gasteiger partial charge < -0.3 is 9.32 Å². The summed E-state index contributed by atoms with van der Waals surface area (Å²) in [4.78, 5) is 6.80. The van der Waals surface area contributed by atoms with Gasteiger partial charge in [0, 0.05) is 33.9 Å². The average Bonchev–Trinajstić information content (AvgIpc) is 3.70. The number of furan rings is 1. The highest BCUT2D eigenvalue weighted by Crippen LogP contribution is 2.50. The summed E-state index contributed by atoms with van der Waals surface area (Å²) in [7, 11) is 0. The minimum atomic E-state index is 0.893. The van der Waals surface area contributed by atoms with Crippen molar-refractivity contribution >= 4 is 49.8 Å². The van der Waals surface area contributed by atoms with Crippen LogP contribution in [0.2, 0.25) is 0 Å². The molecule has 0 fully saturated rings. The molecule has 0 saturated heterocycles. The monoisotopic (exact) mass is 612 g/mol. The van der Waals surface area contributed by atoms with Gasteiger partial charge in [0.05, 0.1) is 11.9 Å². The summed E-state index contributed by atoms with van der Waals surface area (Å²) < 4.78 is 6.58. The van der Waals surface area contributed by atoms with E-state index in [4.69, 9.17) is 4.42 Å². The zero-order chi connectivity index (χ0) is 31.6. The smallest absolute Gasteiger partial charge is 0.143 e. The summed E-state index contributed by atoms with van der Waals surface area (Å²) in [5.74, 6) is 0. The van der Waals surface area contributed by atoms with E-state index in [-0.39, 0.29) is 0 Å². The zero-order valence-corrected chi connectivity index (χ0v) is 26.0. The van der Waals surface area contributed by atoms with Crippen LogP contribution >= 0.6 is 0 Å². The molecule has 0 N–H and O–H groups in total. The Labute approximate surface area is 278 Å². The third-order valence-corrected chi connectivity index (χ3v) is 9.67. The van der Waals surface area contributed by atoms with E-state index in [0.29, 0.717) is 0 Å². The molecule has 0 unspecified atom stereocenters. The highest BCUT2D eigenvalue weighted by atomic mass is 16.3. The maximum absolute atomic E-state index is 6.58. The average molecular weight is 613 g/mol. The van der Waals surface area contributed by atoms with Gasteiger partial charge in [0.2, 0.25) is 0 Å². The molecule has 48 heavy (non-hydrogen) atoms. The third kappa shape index (κ3) is 4.04. The minimum Gasteiger partial charge on any atom is -0.455 e. The van der Waals surface area contributed by atoms with Crippen LogP contribution in [0.5, 0.6) is 0 Å². The first-order chi connectivity index (χ1) is 23.8. The van der Waals surface area contributed by atoms with Gasteiger partial charge in [-0.3, -0.25) is 4.98 Å². The van der Waals surface area contributed by atoms with Crippen molar-refractivity contribution in [2.24, 2.45) is 0 Å². The molecule has 1 aliphatic carbocycles. The van der Waals surface area contributed by atoms with Crippen molar-refractivity contribution in [3.8, 4) is 44.5 Å². The molecule has 0 aliphatic heterocycles. The number of nitrogens with zero attached hydrogens (tertiary/aromatic N) is 2. The van der Waals surface area contributed by atoms with E-state index in [9.17, 15) is 0 Å². The zero-order valence-electron chi connectivity index (χ0n) is 26.0. The van der Waals surface area contributed by atoms with E-state index in [1.807, 2.05) is 30.6 Å². The molecule has 7 aromatic carbocycles. The Hall–Kier alpha value is -6.45. The van der Waals surface area contributed by atoms with Crippen LogP contribution in [0, 0.1) is 0 Å². The molecule has 0 saturated carbocycles. The van der Waals surface area contributed by atoms with Gasteiger partial charge in [-0.15, -0.1) is 0 Å². The lowest BCUT2D eigenvalue weighted by Gasteiger charge is -2.26. The van der Waals surface area contributed by atoms with Crippen molar-refractivity contribution in [2.45, 2.75) is 0 Å². The Morgan fingerprint density at radius 1 is 0.417 bits per heavy atom. The number of hydrogen-bond acceptors (Lipinski definition) is 3. The van der Waals surface area contributed by atoms with Crippen LogP contribution in [0.4, 0.5) is 17.1 Å². The molecule has 0 spiro atoms. The van der Waals surface area contributed by atoms with Crippen LogP contribution in [0.1, 0.15) is 0 Å². The van der Waals surface area contributed by atoms with Crippen LogP contribution in [-0.2, 0) is 0 Å². The van der Waals surface area contributed by atoms with Crippen molar-refractivity contribution in [2.75, 3.05) is 4.90 Å².